The number of halogens is 1. The summed E-state index contributed by atoms with van der Waals surface area (Å²) in [6.45, 7) is 10.5. The van der Waals surface area contributed by atoms with Gasteiger partial charge in [0.05, 0.1) is 6.61 Å². The van der Waals surface area contributed by atoms with Crippen LogP contribution in [0.4, 0.5) is 10.5 Å². The van der Waals surface area contributed by atoms with Gasteiger partial charge in [-0.15, -0.1) is 0 Å². The van der Waals surface area contributed by atoms with Gasteiger partial charge >= 0.3 is 12.1 Å². The Balaban J connectivity index is 1.97. The molecule has 1 saturated heterocycles. The minimum Gasteiger partial charge on any atom is -0.463 e. The van der Waals surface area contributed by atoms with E-state index in [1.165, 1.54) is 6.08 Å². The van der Waals surface area contributed by atoms with Crippen molar-refractivity contribution < 1.29 is 19.1 Å². The number of hydrogen-bond donors (Lipinski definition) is 0. The van der Waals surface area contributed by atoms with E-state index in [0.717, 1.165) is 29.9 Å². The number of amides is 1. The predicted octanol–water partition coefficient (Wildman–Crippen LogP) is 4.09. The summed E-state index contributed by atoms with van der Waals surface area (Å²) in [4.78, 5) is 27.9. The summed E-state index contributed by atoms with van der Waals surface area (Å²) >= 11 is 3.43. The molecule has 1 amide bonds. The zero-order chi connectivity index (χ0) is 20.7. The summed E-state index contributed by atoms with van der Waals surface area (Å²) in [6.07, 6.45) is 1.26. The first-order valence-corrected chi connectivity index (χ1v) is 10.6. The molecule has 1 aliphatic rings. The van der Waals surface area contributed by atoms with Gasteiger partial charge in [0.2, 0.25) is 0 Å². The van der Waals surface area contributed by atoms with Crippen LogP contribution in [0.25, 0.3) is 5.57 Å². The van der Waals surface area contributed by atoms with Gasteiger partial charge in [-0.2, -0.15) is 0 Å². The van der Waals surface area contributed by atoms with Gasteiger partial charge in [-0.05, 0) is 51.0 Å². The maximum absolute atomic E-state index is 12.2. The molecule has 6 nitrogen and oxygen atoms in total. The number of benzene rings is 1. The van der Waals surface area contributed by atoms with E-state index in [-0.39, 0.29) is 12.1 Å². The Bertz CT molecular complexity index is 702. The Kier molecular flexibility index (Phi) is 7.92. The molecule has 28 heavy (non-hydrogen) atoms. The second-order valence-electron chi connectivity index (χ2n) is 7.56. The second kappa shape index (κ2) is 9.96. The molecule has 0 spiro atoms. The lowest BCUT2D eigenvalue weighted by Crippen LogP contribution is -2.50. The number of carbonyl (C=O) groups is 2. The number of nitrogens with zero attached hydrogens (tertiary/aromatic N) is 2. The van der Waals surface area contributed by atoms with Gasteiger partial charge in [0.1, 0.15) is 5.60 Å². The number of ether oxygens (including phenoxy) is 2. The van der Waals surface area contributed by atoms with Gasteiger partial charge in [0.15, 0.2) is 0 Å². The van der Waals surface area contributed by atoms with Crippen molar-refractivity contribution in [1.82, 2.24) is 4.90 Å². The number of piperazine rings is 1. The van der Waals surface area contributed by atoms with E-state index in [4.69, 9.17) is 9.47 Å². The van der Waals surface area contributed by atoms with Crippen LogP contribution in [0.15, 0.2) is 30.3 Å². The lowest BCUT2D eigenvalue weighted by Gasteiger charge is -2.36. The van der Waals surface area contributed by atoms with Crippen LogP contribution in [-0.2, 0) is 14.3 Å². The van der Waals surface area contributed by atoms with Crippen molar-refractivity contribution in [3.8, 4) is 0 Å². The minimum atomic E-state index is -0.478. The predicted molar refractivity (Wildman–Crippen MR) is 115 cm³/mol. The molecule has 1 aromatic carbocycles. The second-order valence-corrected chi connectivity index (χ2v) is 8.12. The third-order valence-electron chi connectivity index (χ3n) is 4.26. The van der Waals surface area contributed by atoms with Crippen molar-refractivity contribution in [1.29, 1.82) is 0 Å². The summed E-state index contributed by atoms with van der Waals surface area (Å²) in [7, 11) is 0. The fourth-order valence-corrected chi connectivity index (χ4v) is 3.37. The molecule has 0 aromatic heterocycles. The van der Waals surface area contributed by atoms with Crippen molar-refractivity contribution in [2.75, 3.05) is 43.0 Å². The van der Waals surface area contributed by atoms with Gasteiger partial charge in [0, 0.05) is 43.3 Å². The first-order valence-electron chi connectivity index (χ1n) is 9.50. The summed E-state index contributed by atoms with van der Waals surface area (Å²) < 4.78 is 10.4. The highest BCUT2D eigenvalue weighted by Gasteiger charge is 2.25. The van der Waals surface area contributed by atoms with Crippen LogP contribution in [0.5, 0.6) is 0 Å². The summed E-state index contributed by atoms with van der Waals surface area (Å²) in [5, 5.41) is 0.569. The Labute approximate surface area is 175 Å². The molecule has 1 heterocycles. The van der Waals surface area contributed by atoms with Crippen molar-refractivity contribution in [3.05, 3.63) is 35.9 Å². The molecule has 1 fully saturated rings. The minimum absolute atomic E-state index is 0.256. The van der Waals surface area contributed by atoms with Crippen molar-refractivity contribution in [2.45, 2.75) is 33.3 Å². The average Bonchev–Trinajstić information content (AvgIpc) is 2.65. The Morgan fingerprint density at radius 1 is 1.11 bits per heavy atom. The zero-order valence-corrected chi connectivity index (χ0v) is 18.6. The van der Waals surface area contributed by atoms with Gasteiger partial charge < -0.3 is 19.3 Å². The van der Waals surface area contributed by atoms with E-state index in [1.54, 1.807) is 11.8 Å². The Morgan fingerprint density at radius 3 is 2.21 bits per heavy atom. The molecule has 0 saturated carbocycles. The van der Waals surface area contributed by atoms with Crippen LogP contribution in [-0.4, -0.2) is 60.7 Å². The maximum Gasteiger partial charge on any atom is 0.410 e. The highest BCUT2D eigenvalue weighted by Crippen LogP contribution is 2.23. The molecule has 0 atom stereocenters. The molecule has 0 unspecified atom stereocenters. The van der Waals surface area contributed by atoms with Crippen LogP contribution in [0.2, 0.25) is 0 Å². The fraction of sp³-hybridized carbons (Fsp3) is 0.524. The van der Waals surface area contributed by atoms with E-state index in [0.29, 0.717) is 25.0 Å². The molecule has 0 aliphatic carbocycles. The standard InChI is InChI=1S/C21H29BrN2O4/c1-5-27-19(25)14-17(15-22)16-6-8-18(9-7-16)23-10-12-24(13-11-23)20(26)28-21(2,3)4/h6-9,14H,5,10-13,15H2,1-4H3/b17-14-. The average molecular weight is 453 g/mol. The van der Waals surface area contributed by atoms with Gasteiger partial charge in [-0.25, -0.2) is 9.59 Å². The first-order chi connectivity index (χ1) is 13.2. The first kappa shape index (κ1) is 22.3. The molecule has 0 bridgehead atoms. The maximum atomic E-state index is 12.2. The smallest absolute Gasteiger partial charge is 0.410 e. The van der Waals surface area contributed by atoms with Gasteiger partial charge in [-0.3, -0.25) is 0 Å². The number of carbonyl (C=O) groups excluding carboxylic acids is 2. The lowest BCUT2D eigenvalue weighted by atomic mass is 10.1. The van der Waals surface area contributed by atoms with E-state index in [9.17, 15) is 9.59 Å². The van der Waals surface area contributed by atoms with E-state index in [2.05, 4.69) is 20.8 Å². The van der Waals surface area contributed by atoms with Crippen LogP contribution in [0.1, 0.15) is 33.3 Å². The van der Waals surface area contributed by atoms with Crippen molar-refractivity contribution in [3.63, 3.8) is 0 Å². The highest BCUT2D eigenvalue weighted by molar-refractivity contribution is 9.09. The monoisotopic (exact) mass is 452 g/mol. The van der Waals surface area contributed by atoms with Gasteiger partial charge in [-0.1, -0.05) is 28.1 Å². The van der Waals surface area contributed by atoms with Crippen molar-refractivity contribution in [2.24, 2.45) is 0 Å². The zero-order valence-electron chi connectivity index (χ0n) is 17.0. The molecule has 2 rings (SSSR count). The summed E-state index contributed by atoms with van der Waals surface area (Å²) in [5.74, 6) is -0.334. The molecule has 0 radical (unpaired) electrons. The topological polar surface area (TPSA) is 59.1 Å². The molecule has 1 aliphatic heterocycles. The number of alkyl halides is 1. The number of hydrogen-bond acceptors (Lipinski definition) is 5. The van der Waals surface area contributed by atoms with Gasteiger partial charge in [0.25, 0.3) is 0 Å². The molecule has 1 aromatic rings. The van der Waals surface area contributed by atoms with Crippen molar-refractivity contribution >= 4 is 39.3 Å². The number of anilines is 1. The molecule has 154 valence electrons. The lowest BCUT2D eigenvalue weighted by molar-refractivity contribution is -0.137. The molecular weight excluding hydrogens is 424 g/mol. The fourth-order valence-electron chi connectivity index (χ4n) is 2.89. The quantitative estimate of drug-likeness (QED) is 0.382. The van der Waals surface area contributed by atoms with Crippen LogP contribution >= 0.6 is 15.9 Å². The third-order valence-corrected chi connectivity index (χ3v) is 4.86. The molecular formula is C21H29BrN2O4. The van der Waals surface area contributed by atoms with E-state index in [1.807, 2.05) is 45.0 Å². The Hall–Kier alpha value is -2.02. The van der Waals surface area contributed by atoms with Crippen LogP contribution < -0.4 is 4.90 Å². The number of esters is 1. The Morgan fingerprint density at radius 2 is 1.71 bits per heavy atom. The SMILES string of the molecule is CCOC(=O)/C=C(/CBr)c1ccc(N2CCN(C(=O)OC(C)(C)C)CC2)cc1. The normalized spacial score (nSPS) is 15.4. The van der Waals surface area contributed by atoms with Crippen LogP contribution in [0.3, 0.4) is 0 Å². The number of allylic oxidation sites excluding steroid dienone is 1. The highest BCUT2D eigenvalue weighted by atomic mass is 79.9. The summed E-state index contributed by atoms with van der Waals surface area (Å²) in [5.41, 5.74) is 2.47. The third kappa shape index (κ3) is 6.55. The van der Waals surface area contributed by atoms with Crippen LogP contribution in [0, 0.1) is 0 Å². The largest absolute Gasteiger partial charge is 0.463 e. The van der Waals surface area contributed by atoms with E-state index >= 15 is 0 Å². The molecule has 7 heteroatoms. The van der Waals surface area contributed by atoms with E-state index < -0.39 is 5.60 Å². The number of rotatable bonds is 5. The molecule has 0 N–H and O–H groups in total. The summed E-state index contributed by atoms with van der Waals surface area (Å²) in [6, 6.07) is 8.09.